The molecule has 1 heterocycles. The van der Waals surface area contributed by atoms with Gasteiger partial charge in [-0.05, 0) is 87.0 Å². The van der Waals surface area contributed by atoms with Crippen LogP contribution >= 0.6 is 11.6 Å². The normalized spacial score (nSPS) is 11.5. The van der Waals surface area contributed by atoms with Crippen molar-refractivity contribution in [1.29, 1.82) is 0 Å². The first-order chi connectivity index (χ1) is 14.3. The van der Waals surface area contributed by atoms with E-state index in [1.807, 2.05) is 49.4 Å². The van der Waals surface area contributed by atoms with Gasteiger partial charge in [0.25, 0.3) is 5.91 Å². The van der Waals surface area contributed by atoms with Crippen LogP contribution in [0.25, 0.3) is 22.6 Å². The molecule has 0 bridgehead atoms. The minimum atomic E-state index is -1.06. The van der Waals surface area contributed by atoms with E-state index in [-0.39, 0.29) is 5.91 Å². The molecule has 0 spiro atoms. The fourth-order valence-electron chi connectivity index (χ4n) is 2.98. The average Bonchev–Trinajstić information content (AvgIpc) is 3.13. The Labute approximate surface area is 179 Å². The standard InChI is InChI=1S/C24H21ClN2O3/c1-15-4-13-21-20(14-15)27-22(29-21)16-5-9-18(10-6-16)26-23(28)24(2,3)30-19-11-7-17(25)8-12-19/h4-14H,1-3H3,(H,26,28). The number of carbonyl (C=O) groups excluding carboxylic acids is 1. The number of oxazole rings is 1. The van der Waals surface area contributed by atoms with Gasteiger partial charge in [-0.1, -0.05) is 17.7 Å². The van der Waals surface area contributed by atoms with Gasteiger partial charge in [0.05, 0.1) is 0 Å². The summed E-state index contributed by atoms with van der Waals surface area (Å²) in [6.45, 7) is 5.45. The number of ether oxygens (including phenoxy) is 1. The Kier molecular flexibility index (Phi) is 5.22. The third kappa shape index (κ3) is 4.31. The summed E-state index contributed by atoms with van der Waals surface area (Å²) in [5.74, 6) is 0.850. The monoisotopic (exact) mass is 420 g/mol. The lowest BCUT2D eigenvalue weighted by Crippen LogP contribution is -2.42. The number of fused-ring (bicyclic) bond motifs is 1. The van der Waals surface area contributed by atoms with Crippen LogP contribution in [0.15, 0.2) is 71.1 Å². The molecule has 0 aliphatic rings. The van der Waals surface area contributed by atoms with E-state index in [1.165, 1.54) is 0 Å². The molecule has 0 aliphatic carbocycles. The summed E-state index contributed by atoms with van der Waals surface area (Å²) in [5.41, 5.74) is 3.12. The number of rotatable bonds is 5. The minimum Gasteiger partial charge on any atom is -0.478 e. The Balaban J connectivity index is 1.46. The largest absolute Gasteiger partial charge is 0.478 e. The third-order valence-corrected chi connectivity index (χ3v) is 4.92. The van der Waals surface area contributed by atoms with Gasteiger partial charge in [0.1, 0.15) is 11.3 Å². The van der Waals surface area contributed by atoms with Crippen LogP contribution in [-0.2, 0) is 4.79 Å². The molecule has 0 radical (unpaired) electrons. The molecule has 0 saturated carbocycles. The van der Waals surface area contributed by atoms with Crippen LogP contribution in [0.5, 0.6) is 5.75 Å². The molecule has 152 valence electrons. The number of aryl methyl sites for hydroxylation is 1. The van der Waals surface area contributed by atoms with Gasteiger partial charge in [-0.3, -0.25) is 4.79 Å². The highest BCUT2D eigenvalue weighted by atomic mass is 35.5. The third-order valence-electron chi connectivity index (χ3n) is 4.67. The van der Waals surface area contributed by atoms with Crippen molar-refractivity contribution in [3.63, 3.8) is 0 Å². The van der Waals surface area contributed by atoms with Crippen molar-refractivity contribution in [2.45, 2.75) is 26.4 Å². The predicted octanol–water partition coefficient (Wildman–Crippen LogP) is 6.25. The van der Waals surface area contributed by atoms with Gasteiger partial charge >= 0.3 is 0 Å². The van der Waals surface area contributed by atoms with E-state index in [9.17, 15) is 4.79 Å². The zero-order chi connectivity index (χ0) is 21.3. The molecule has 0 unspecified atom stereocenters. The molecular formula is C24H21ClN2O3. The number of hydrogen-bond acceptors (Lipinski definition) is 4. The number of hydrogen-bond donors (Lipinski definition) is 1. The van der Waals surface area contributed by atoms with Crippen molar-refractivity contribution in [2.75, 3.05) is 5.32 Å². The van der Waals surface area contributed by atoms with Crippen LogP contribution in [0.1, 0.15) is 19.4 Å². The van der Waals surface area contributed by atoms with E-state index in [0.717, 1.165) is 22.2 Å². The number of carbonyl (C=O) groups is 1. The molecule has 0 fully saturated rings. The fraction of sp³-hybridized carbons (Fsp3) is 0.167. The lowest BCUT2D eigenvalue weighted by Gasteiger charge is -2.25. The van der Waals surface area contributed by atoms with Crippen LogP contribution in [0, 0.1) is 6.92 Å². The molecular weight excluding hydrogens is 400 g/mol. The summed E-state index contributed by atoms with van der Waals surface area (Å²) in [7, 11) is 0. The number of halogens is 1. The molecule has 4 rings (SSSR count). The Hall–Kier alpha value is -3.31. The summed E-state index contributed by atoms with van der Waals surface area (Å²) in [6, 6.07) is 20.1. The Bertz CT molecular complexity index is 1200. The van der Waals surface area contributed by atoms with Crippen molar-refractivity contribution in [3.05, 3.63) is 77.3 Å². The van der Waals surface area contributed by atoms with Crippen LogP contribution < -0.4 is 10.1 Å². The second-order valence-corrected chi connectivity index (χ2v) is 8.02. The number of benzene rings is 3. The van der Waals surface area contributed by atoms with Gasteiger partial charge in [0.15, 0.2) is 11.2 Å². The van der Waals surface area contributed by atoms with E-state index < -0.39 is 5.60 Å². The average molecular weight is 421 g/mol. The SMILES string of the molecule is Cc1ccc2oc(-c3ccc(NC(=O)C(C)(C)Oc4ccc(Cl)cc4)cc3)nc2c1. The first-order valence-corrected chi connectivity index (χ1v) is 9.92. The van der Waals surface area contributed by atoms with E-state index >= 15 is 0 Å². The number of amides is 1. The van der Waals surface area contributed by atoms with Gasteiger partial charge < -0.3 is 14.5 Å². The summed E-state index contributed by atoms with van der Waals surface area (Å²) in [6.07, 6.45) is 0. The molecule has 0 saturated heterocycles. The lowest BCUT2D eigenvalue weighted by molar-refractivity contribution is -0.128. The van der Waals surface area contributed by atoms with Gasteiger partial charge in [-0.2, -0.15) is 0 Å². The number of nitrogens with one attached hydrogen (secondary N) is 1. The molecule has 30 heavy (non-hydrogen) atoms. The van der Waals surface area contributed by atoms with Crippen molar-refractivity contribution in [3.8, 4) is 17.2 Å². The summed E-state index contributed by atoms with van der Waals surface area (Å²) >= 11 is 5.89. The van der Waals surface area contributed by atoms with Crippen molar-refractivity contribution >= 4 is 34.3 Å². The highest BCUT2D eigenvalue weighted by Crippen LogP contribution is 2.27. The minimum absolute atomic E-state index is 0.262. The number of anilines is 1. The molecule has 0 atom stereocenters. The van der Waals surface area contributed by atoms with Crippen LogP contribution in [0.2, 0.25) is 5.02 Å². The quantitative estimate of drug-likeness (QED) is 0.414. The highest BCUT2D eigenvalue weighted by molar-refractivity contribution is 6.30. The topological polar surface area (TPSA) is 64.4 Å². The summed E-state index contributed by atoms with van der Waals surface area (Å²) in [4.78, 5) is 17.3. The zero-order valence-corrected chi connectivity index (χ0v) is 17.7. The van der Waals surface area contributed by atoms with Gasteiger partial charge in [0, 0.05) is 16.3 Å². The Morgan fingerprint density at radius 2 is 1.73 bits per heavy atom. The van der Waals surface area contributed by atoms with E-state index in [2.05, 4.69) is 10.3 Å². The maximum Gasteiger partial charge on any atom is 0.267 e. The first-order valence-electron chi connectivity index (χ1n) is 9.54. The van der Waals surface area contributed by atoms with Crippen LogP contribution in [0.4, 0.5) is 5.69 Å². The smallest absolute Gasteiger partial charge is 0.267 e. The molecule has 1 amide bonds. The maximum atomic E-state index is 12.7. The van der Waals surface area contributed by atoms with Crippen molar-refractivity contribution in [2.24, 2.45) is 0 Å². The Morgan fingerprint density at radius 3 is 2.43 bits per heavy atom. The van der Waals surface area contributed by atoms with Crippen molar-refractivity contribution in [1.82, 2.24) is 4.98 Å². The van der Waals surface area contributed by atoms with Gasteiger partial charge in [-0.25, -0.2) is 4.98 Å². The van der Waals surface area contributed by atoms with E-state index in [0.29, 0.717) is 22.4 Å². The molecule has 6 heteroatoms. The Morgan fingerprint density at radius 1 is 1.03 bits per heavy atom. The predicted molar refractivity (Wildman–Crippen MR) is 119 cm³/mol. The second kappa shape index (κ2) is 7.84. The number of nitrogens with zero attached hydrogens (tertiary/aromatic N) is 1. The fourth-order valence-corrected chi connectivity index (χ4v) is 3.11. The van der Waals surface area contributed by atoms with Crippen LogP contribution in [0.3, 0.4) is 0 Å². The van der Waals surface area contributed by atoms with Gasteiger partial charge in [0.2, 0.25) is 5.89 Å². The molecule has 5 nitrogen and oxygen atoms in total. The van der Waals surface area contributed by atoms with E-state index in [4.69, 9.17) is 20.8 Å². The summed E-state index contributed by atoms with van der Waals surface area (Å²) in [5, 5.41) is 3.50. The lowest BCUT2D eigenvalue weighted by atomic mass is 10.1. The summed E-state index contributed by atoms with van der Waals surface area (Å²) < 4.78 is 11.7. The molecule has 1 N–H and O–H groups in total. The van der Waals surface area contributed by atoms with E-state index in [1.54, 1.807) is 38.1 Å². The number of aromatic nitrogens is 1. The molecule has 1 aromatic heterocycles. The first kappa shape index (κ1) is 20.0. The zero-order valence-electron chi connectivity index (χ0n) is 16.9. The second-order valence-electron chi connectivity index (χ2n) is 7.59. The van der Waals surface area contributed by atoms with Crippen LogP contribution in [-0.4, -0.2) is 16.5 Å². The molecule has 4 aromatic rings. The molecule has 0 aliphatic heterocycles. The highest BCUT2D eigenvalue weighted by Gasteiger charge is 2.30. The van der Waals surface area contributed by atoms with Crippen molar-refractivity contribution < 1.29 is 13.9 Å². The maximum absolute atomic E-state index is 12.7. The molecule has 3 aromatic carbocycles. The van der Waals surface area contributed by atoms with Gasteiger partial charge in [-0.15, -0.1) is 0 Å².